The molecular formula is C20H17N3O4S2. The number of rotatable bonds is 6. The highest BCUT2D eigenvalue weighted by Gasteiger charge is 2.15. The van der Waals surface area contributed by atoms with Gasteiger partial charge in [0.15, 0.2) is 11.5 Å². The molecule has 0 aliphatic heterocycles. The third-order valence-corrected chi connectivity index (χ3v) is 6.12. The van der Waals surface area contributed by atoms with Crippen molar-refractivity contribution in [3.05, 3.63) is 57.8 Å². The molecule has 4 rings (SSSR count). The maximum absolute atomic E-state index is 13.0. The molecule has 0 fully saturated rings. The second kappa shape index (κ2) is 8.06. The SMILES string of the molecule is COc1ccc(NC(=O)Cn2cnc3scc(-c4cccs4)c3c2=O)cc1OC. The Morgan fingerprint density at radius 2 is 2.00 bits per heavy atom. The Labute approximate surface area is 174 Å². The summed E-state index contributed by atoms with van der Waals surface area (Å²) in [5.41, 5.74) is 1.17. The Morgan fingerprint density at radius 1 is 1.17 bits per heavy atom. The van der Waals surface area contributed by atoms with E-state index in [0.29, 0.717) is 27.4 Å². The van der Waals surface area contributed by atoms with Gasteiger partial charge >= 0.3 is 0 Å². The summed E-state index contributed by atoms with van der Waals surface area (Å²) in [5.74, 6) is 0.729. The summed E-state index contributed by atoms with van der Waals surface area (Å²) >= 11 is 2.98. The fourth-order valence-corrected chi connectivity index (χ4v) is 4.68. The molecule has 1 aromatic carbocycles. The smallest absolute Gasteiger partial charge is 0.263 e. The minimum atomic E-state index is -0.339. The number of methoxy groups -OCH3 is 2. The lowest BCUT2D eigenvalue weighted by atomic mass is 10.2. The molecule has 0 aliphatic rings. The number of benzene rings is 1. The topological polar surface area (TPSA) is 82.5 Å². The second-order valence-electron chi connectivity index (χ2n) is 6.10. The predicted octanol–water partition coefficient (Wildman–Crippen LogP) is 3.84. The zero-order chi connectivity index (χ0) is 20.4. The third kappa shape index (κ3) is 3.74. The first kappa shape index (κ1) is 19.2. The van der Waals surface area contributed by atoms with Gasteiger partial charge in [0.2, 0.25) is 5.91 Å². The quantitative estimate of drug-likeness (QED) is 0.506. The van der Waals surface area contributed by atoms with Gasteiger partial charge in [-0.15, -0.1) is 22.7 Å². The van der Waals surface area contributed by atoms with Gasteiger partial charge in [0.05, 0.1) is 25.9 Å². The van der Waals surface area contributed by atoms with Crippen molar-refractivity contribution in [3.8, 4) is 21.9 Å². The number of carbonyl (C=O) groups excluding carboxylic acids is 1. The predicted molar refractivity (Wildman–Crippen MR) is 115 cm³/mol. The Balaban J connectivity index is 1.59. The number of hydrogen-bond donors (Lipinski definition) is 1. The molecule has 0 saturated heterocycles. The number of carbonyl (C=O) groups is 1. The van der Waals surface area contributed by atoms with Crippen molar-refractivity contribution >= 4 is 44.5 Å². The molecule has 1 amide bonds. The highest BCUT2D eigenvalue weighted by molar-refractivity contribution is 7.18. The van der Waals surface area contributed by atoms with Crippen molar-refractivity contribution in [1.82, 2.24) is 9.55 Å². The van der Waals surface area contributed by atoms with Crippen LogP contribution in [-0.2, 0) is 11.3 Å². The van der Waals surface area contributed by atoms with E-state index in [0.717, 1.165) is 10.4 Å². The Kier molecular flexibility index (Phi) is 5.32. The second-order valence-corrected chi connectivity index (χ2v) is 7.91. The number of ether oxygens (including phenoxy) is 2. The van der Waals surface area contributed by atoms with Gasteiger partial charge in [0.1, 0.15) is 11.4 Å². The van der Waals surface area contributed by atoms with Crippen LogP contribution in [0.3, 0.4) is 0 Å². The zero-order valence-electron chi connectivity index (χ0n) is 15.7. The molecule has 29 heavy (non-hydrogen) atoms. The van der Waals surface area contributed by atoms with Gasteiger partial charge in [-0.2, -0.15) is 0 Å². The van der Waals surface area contributed by atoms with Gasteiger partial charge in [-0.1, -0.05) is 6.07 Å². The molecule has 0 aliphatic carbocycles. The molecule has 9 heteroatoms. The lowest BCUT2D eigenvalue weighted by Crippen LogP contribution is -2.27. The molecule has 0 radical (unpaired) electrons. The molecule has 0 saturated carbocycles. The van der Waals surface area contributed by atoms with Crippen LogP contribution < -0.4 is 20.3 Å². The van der Waals surface area contributed by atoms with Crippen LogP contribution in [0.2, 0.25) is 0 Å². The van der Waals surface area contributed by atoms with E-state index in [1.165, 1.54) is 29.3 Å². The van der Waals surface area contributed by atoms with Gasteiger partial charge in [-0.25, -0.2) is 4.98 Å². The summed E-state index contributed by atoms with van der Waals surface area (Å²) in [6.45, 7) is -0.143. The highest BCUT2D eigenvalue weighted by Crippen LogP contribution is 2.33. The van der Waals surface area contributed by atoms with E-state index in [-0.39, 0.29) is 18.0 Å². The van der Waals surface area contributed by atoms with Crippen molar-refractivity contribution in [2.45, 2.75) is 6.54 Å². The lowest BCUT2D eigenvalue weighted by molar-refractivity contribution is -0.116. The van der Waals surface area contributed by atoms with Crippen LogP contribution in [0.5, 0.6) is 11.5 Å². The Hall–Kier alpha value is -3.17. The van der Waals surface area contributed by atoms with E-state index in [2.05, 4.69) is 10.3 Å². The van der Waals surface area contributed by atoms with Gasteiger partial charge in [-0.05, 0) is 23.6 Å². The monoisotopic (exact) mass is 427 g/mol. The van der Waals surface area contributed by atoms with Crippen molar-refractivity contribution in [1.29, 1.82) is 0 Å². The Bertz CT molecular complexity index is 1230. The van der Waals surface area contributed by atoms with Gasteiger partial charge in [0.25, 0.3) is 5.56 Å². The molecule has 7 nitrogen and oxygen atoms in total. The molecule has 1 N–H and O–H groups in total. The summed E-state index contributed by atoms with van der Waals surface area (Å²) in [5, 5.41) is 7.20. The van der Waals surface area contributed by atoms with Crippen molar-refractivity contribution in [3.63, 3.8) is 0 Å². The number of nitrogens with one attached hydrogen (secondary N) is 1. The highest BCUT2D eigenvalue weighted by atomic mass is 32.1. The maximum Gasteiger partial charge on any atom is 0.263 e. The molecule has 0 spiro atoms. The van der Waals surface area contributed by atoms with Crippen LogP contribution in [0.1, 0.15) is 0 Å². The number of anilines is 1. The van der Waals surface area contributed by atoms with Crippen LogP contribution in [-0.4, -0.2) is 29.7 Å². The number of hydrogen-bond acceptors (Lipinski definition) is 7. The Morgan fingerprint density at radius 3 is 2.72 bits per heavy atom. The zero-order valence-corrected chi connectivity index (χ0v) is 17.3. The molecule has 0 atom stereocenters. The first-order valence-electron chi connectivity index (χ1n) is 8.63. The molecule has 3 heterocycles. The molecule has 0 unspecified atom stereocenters. The van der Waals surface area contributed by atoms with Crippen molar-refractivity contribution in [2.24, 2.45) is 0 Å². The summed E-state index contributed by atoms with van der Waals surface area (Å²) < 4.78 is 11.8. The average Bonchev–Trinajstić information content (AvgIpc) is 3.39. The van der Waals surface area contributed by atoms with E-state index < -0.39 is 0 Å². The molecule has 4 aromatic rings. The van der Waals surface area contributed by atoms with Gasteiger partial charge in [0, 0.05) is 27.6 Å². The minimum Gasteiger partial charge on any atom is -0.493 e. The number of thiophene rings is 2. The molecule has 148 valence electrons. The van der Waals surface area contributed by atoms with Crippen molar-refractivity contribution in [2.75, 3.05) is 19.5 Å². The third-order valence-electron chi connectivity index (χ3n) is 4.33. The minimum absolute atomic E-state index is 0.143. The van der Waals surface area contributed by atoms with E-state index >= 15 is 0 Å². The molecule has 0 bridgehead atoms. The fourth-order valence-electron chi connectivity index (χ4n) is 2.96. The first-order chi connectivity index (χ1) is 14.1. The van der Waals surface area contributed by atoms with E-state index in [1.807, 2.05) is 22.9 Å². The van der Waals surface area contributed by atoms with Crippen LogP contribution in [0, 0.1) is 0 Å². The summed E-state index contributed by atoms with van der Waals surface area (Å²) in [6.07, 6.45) is 1.41. The van der Waals surface area contributed by atoms with Crippen LogP contribution in [0.15, 0.2) is 52.2 Å². The normalized spacial score (nSPS) is 10.8. The summed E-state index contributed by atoms with van der Waals surface area (Å²) in [4.78, 5) is 31.5. The van der Waals surface area contributed by atoms with E-state index in [9.17, 15) is 9.59 Å². The van der Waals surface area contributed by atoms with Crippen LogP contribution >= 0.6 is 22.7 Å². The standard InChI is InChI=1S/C20H17N3O4S2/c1-26-14-6-5-12(8-15(14)27-2)22-17(24)9-23-11-21-19-18(20(23)25)13(10-29-19)16-4-3-7-28-16/h3-8,10-11H,9H2,1-2H3,(H,22,24). The molecule has 3 aromatic heterocycles. The van der Waals surface area contributed by atoms with Crippen molar-refractivity contribution < 1.29 is 14.3 Å². The largest absolute Gasteiger partial charge is 0.493 e. The fraction of sp³-hybridized carbons (Fsp3) is 0.150. The average molecular weight is 428 g/mol. The van der Waals surface area contributed by atoms with E-state index in [4.69, 9.17) is 9.47 Å². The maximum atomic E-state index is 13.0. The summed E-state index contributed by atoms with van der Waals surface area (Å²) in [7, 11) is 3.07. The van der Waals surface area contributed by atoms with Gasteiger partial charge in [-0.3, -0.25) is 14.2 Å². The number of fused-ring (bicyclic) bond motifs is 1. The van der Waals surface area contributed by atoms with Crippen LogP contribution in [0.25, 0.3) is 20.7 Å². The van der Waals surface area contributed by atoms with Crippen LogP contribution in [0.4, 0.5) is 5.69 Å². The van der Waals surface area contributed by atoms with Gasteiger partial charge < -0.3 is 14.8 Å². The number of nitrogens with zero attached hydrogens (tertiary/aromatic N) is 2. The lowest BCUT2D eigenvalue weighted by Gasteiger charge is -2.11. The van der Waals surface area contributed by atoms with E-state index in [1.54, 1.807) is 36.6 Å². The summed E-state index contributed by atoms with van der Waals surface area (Å²) in [6, 6.07) is 8.97. The number of aromatic nitrogens is 2. The number of amides is 1. The molecular weight excluding hydrogens is 410 g/mol. The first-order valence-corrected chi connectivity index (χ1v) is 10.4.